The van der Waals surface area contributed by atoms with Crippen molar-refractivity contribution >= 4 is 9.84 Å². The van der Waals surface area contributed by atoms with Crippen LogP contribution in [0.15, 0.2) is 84.3 Å². The van der Waals surface area contributed by atoms with Crippen molar-refractivity contribution < 1.29 is 42.3 Å². The Balaban J connectivity index is 1.42. The number of aliphatic hydroxyl groups excluding tert-OH is 2. The first-order valence-electron chi connectivity index (χ1n) is 16.3. The minimum atomic E-state index is -3.66. The monoisotopic (exact) mass is 660 g/mol. The average Bonchev–Trinajstić information content (AvgIpc) is 3.55. The van der Waals surface area contributed by atoms with Gasteiger partial charge in [0.05, 0.1) is 79.3 Å². The molecule has 0 bridgehead atoms. The molecule has 5 unspecified atom stereocenters. The van der Waals surface area contributed by atoms with Crippen LogP contribution < -0.4 is 0 Å². The lowest BCUT2D eigenvalue weighted by Crippen LogP contribution is -2.40. The molecule has 0 spiro atoms. The number of sulfone groups is 1. The Morgan fingerprint density at radius 2 is 1.83 bits per heavy atom. The normalized spacial score (nSPS) is 32.7. The summed E-state index contributed by atoms with van der Waals surface area (Å²) in [5, 5.41) is 19.7. The van der Waals surface area contributed by atoms with Gasteiger partial charge < -0.3 is 33.9 Å². The molecule has 3 aliphatic rings. The van der Waals surface area contributed by atoms with Gasteiger partial charge in [0, 0.05) is 32.3 Å². The topological polar surface area (TPSA) is 121 Å². The molecule has 0 radical (unpaired) electrons. The van der Waals surface area contributed by atoms with Gasteiger partial charge in [-0.25, -0.2) is 8.42 Å². The van der Waals surface area contributed by atoms with Crippen molar-refractivity contribution in [3.63, 3.8) is 0 Å². The molecule has 2 N–H and O–H groups in total. The van der Waals surface area contributed by atoms with E-state index in [1.54, 1.807) is 36.4 Å². The second kappa shape index (κ2) is 17.3. The summed E-state index contributed by atoms with van der Waals surface area (Å²) in [5.74, 6) is -0.484. The van der Waals surface area contributed by atoms with E-state index in [0.29, 0.717) is 19.6 Å². The first kappa shape index (κ1) is 36.7. The number of hydrogen-bond donors (Lipinski definition) is 2. The summed E-state index contributed by atoms with van der Waals surface area (Å²) < 4.78 is 57.6. The lowest BCUT2D eigenvalue weighted by atomic mass is 9.83. The predicted octanol–water partition coefficient (Wildman–Crippen LogP) is 4.59. The lowest BCUT2D eigenvalue weighted by Gasteiger charge is -2.38. The van der Waals surface area contributed by atoms with Gasteiger partial charge in [-0.2, -0.15) is 0 Å². The van der Waals surface area contributed by atoms with Crippen LogP contribution in [-0.2, 0) is 33.5 Å². The zero-order chi connectivity index (χ0) is 33.3. The molecule has 46 heavy (non-hydrogen) atoms. The number of hydrogen-bond acceptors (Lipinski definition) is 9. The standard InChI is InChI=1S/C36H52O9S/c1-6-16-42-17-10-11-28-19-25(3)32(43-28)15-14-29-18-24(2)26(4)33(44-29)21-34-31(23-46(39,40)30-12-8-7-9-13-30)36(41-5)35(45-34)20-27(38)22-37/h6-13,24,27-29,31-38H,1,3-4,14-23H2,2,5H3/b11-10+/t24-,27+,28+,29+,31?,32?,33?,34?,35?,36-/m1/s1. The van der Waals surface area contributed by atoms with Crippen molar-refractivity contribution in [3.05, 3.63) is 79.4 Å². The maximum absolute atomic E-state index is 13.5. The fraction of sp³-hybridized carbons (Fsp3) is 0.611. The molecule has 10 atom stereocenters. The van der Waals surface area contributed by atoms with E-state index in [-0.39, 0.29) is 47.4 Å². The van der Waals surface area contributed by atoms with Crippen LogP contribution in [0.1, 0.15) is 45.4 Å². The SMILES string of the molecule is C=CCOC/C=C/[C@H]1CC(=C)C(CC[C@H]2C[C@@H](C)C(=C)C(CC3OC(C[C@H](O)CO)[C@H](OC)C3CS(=O)(=O)c3ccccc3)O2)O1. The van der Waals surface area contributed by atoms with Crippen LogP contribution in [0.3, 0.4) is 0 Å². The van der Waals surface area contributed by atoms with Crippen molar-refractivity contribution in [1.82, 2.24) is 0 Å². The van der Waals surface area contributed by atoms with Gasteiger partial charge >= 0.3 is 0 Å². The Labute approximate surface area is 274 Å². The quantitative estimate of drug-likeness (QED) is 0.183. The zero-order valence-corrected chi connectivity index (χ0v) is 28.1. The molecule has 10 heteroatoms. The molecule has 0 aliphatic carbocycles. The van der Waals surface area contributed by atoms with Gasteiger partial charge in [0.25, 0.3) is 0 Å². The Morgan fingerprint density at radius 3 is 2.52 bits per heavy atom. The van der Waals surface area contributed by atoms with Crippen LogP contribution in [0.4, 0.5) is 0 Å². The number of ether oxygens (including phenoxy) is 5. The maximum Gasteiger partial charge on any atom is 0.178 e. The fourth-order valence-electron chi connectivity index (χ4n) is 6.90. The van der Waals surface area contributed by atoms with Crippen molar-refractivity contribution in [2.75, 3.05) is 32.7 Å². The summed E-state index contributed by atoms with van der Waals surface area (Å²) >= 11 is 0. The van der Waals surface area contributed by atoms with Crippen LogP contribution in [-0.4, -0.2) is 100 Å². The Kier molecular flexibility index (Phi) is 13.8. The van der Waals surface area contributed by atoms with E-state index in [2.05, 4.69) is 26.7 Å². The van der Waals surface area contributed by atoms with Gasteiger partial charge in [0.2, 0.25) is 0 Å². The highest BCUT2D eigenvalue weighted by molar-refractivity contribution is 7.91. The summed E-state index contributed by atoms with van der Waals surface area (Å²) in [6, 6.07) is 8.37. The van der Waals surface area contributed by atoms with Crippen LogP contribution in [0.5, 0.6) is 0 Å². The third-order valence-corrected chi connectivity index (χ3v) is 11.2. The lowest BCUT2D eigenvalue weighted by molar-refractivity contribution is -0.0785. The van der Waals surface area contributed by atoms with Crippen molar-refractivity contribution in [1.29, 1.82) is 0 Å². The minimum Gasteiger partial charge on any atom is -0.394 e. The van der Waals surface area contributed by atoms with E-state index in [0.717, 1.165) is 36.8 Å². The number of benzene rings is 1. The third kappa shape index (κ3) is 9.70. The van der Waals surface area contributed by atoms with E-state index >= 15 is 0 Å². The summed E-state index contributed by atoms with van der Waals surface area (Å²) in [6.45, 7) is 15.0. The highest BCUT2D eigenvalue weighted by atomic mass is 32.2. The molecule has 9 nitrogen and oxygen atoms in total. The van der Waals surface area contributed by atoms with Crippen molar-refractivity contribution in [2.24, 2.45) is 11.8 Å². The molecule has 0 amide bonds. The summed E-state index contributed by atoms with van der Waals surface area (Å²) in [6.07, 6.45) is 6.34. The fourth-order valence-corrected chi connectivity index (χ4v) is 8.57. The van der Waals surface area contributed by atoms with E-state index in [1.807, 2.05) is 12.2 Å². The van der Waals surface area contributed by atoms with Gasteiger partial charge in [0.15, 0.2) is 9.84 Å². The van der Waals surface area contributed by atoms with E-state index in [9.17, 15) is 18.6 Å². The number of methoxy groups -OCH3 is 1. The Morgan fingerprint density at radius 1 is 1.07 bits per heavy atom. The molecule has 1 aromatic rings. The number of aliphatic hydroxyl groups is 2. The molecule has 3 saturated heterocycles. The second-order valence-corrected chi connectivity index (χ2v) is 14.8. The third-order valence-electron chi connectivity index (χ3n) is 9.39. The van der Waals surface area contributed by atoms with Crippen LogP contribution in [0.25, 0.3) is 0 Å². The molecule has 3 fully saturated rings. The van der Waals surface area contributed by atoms with Crippen molar-refractivity contribution in [2.45, 2.75) is 99.2 Å². The van der Waals surface area contributed by atoms with Gasteiger partial charge in [-0.1, -0.05) is 56.5 Å². The molecular weight excluding hydrogens is 608 g/mol. The van der Waals surface area contributed by atoms with E-state index in [1.165, 1.54) is 7.11 Å². The van der Waals surface area contributed by atoms with Crippen LogP contribution >= 0.6 is 0 Å². The molecule has 1 aromatic carbocycles. The summed E-state index contributed by atoms with van der Waals surface area (Å²) in [7, 11) is -2.14. The number of rotatable bonds is 17. The molecule has 0 aromatic heterocycles. The van der Waals surface area contributed by atoms with Crippen LogP contribution in [0.2, 0.25) is 0 Å². The highest BCUT2D eigenvalue weighted by Crippen LogP contribution is 2.41. The van der Waals surface area contributed by atoms with Crippen molar-refractivity contribution in [3.8, 4) is 0 Å². The molecule has 3 aliphatic heterocycles. The first-order valence-corrected chi connectivity index (χ1v) is 18.0. The minimum absolute atomic E-state index is 0.0156. The molecule has 3 heterocycles. The van der Waals surface area contributed by atoms with Crippen LogP contribution in [0, 0.1) is 11.8 Å². The Bertz CT molecular complexity index is 1280. The van der Waals surface area contributed by atoms with Gasteiger partial charge in [-0.15, -0.1) is 6.58 Å². The molecular formula is C36H52O9S. The summed E-state index contributed by atoms with van der Waals surface area (Å²) in [5.41, 5.74) is 2.04. The van der Waals surface area contributed by atoms with Gasteiger partial charge in [-0.3, -0.25) is 0 Å². The van der Waals surface area contributed by atoms with E-state index in [4.69, 9.17) is 23.7 Å². The summed E-state index contributed by atoms with van der Waals surface area (Å²) in [4.78, 5) is 0.240. The second-order valence-electron chi connectivity index (χ2n) is 12.8. The molecule has 256 valence electrons. The molecule has 4 rings (SSSR count). The predicted molar refractivity (Wildman–Crippen MR) is 177 cm³/mol. The largest absolute Gasteiger partial charge is 0.394 e. The zero-order valence-electron chi connectivity index (χ0n) is 27.2. The highest BCUT2D eigenvalue weighted by Gasteiger charge is 2.49. The maximum atomic E-state index is 13.5. The molecule has 0 saturated carbocycles. The average molecular weight is 661 g/mol. The Hall–Kier alpha value is -2.15. The van der Waals surface area contributed by atoms with E-state index < -0.39 is 46.8 Å². The van der Waals surface area contributed by atoms with Gasteiger partial charge in [-0.05, 0) is 48.5 Å². The van der Waals surface area contributed by atoms with Gasteiger partial charge in [0.1, 0.15) is 0 Å². The smallest absolute Gasteiger partial charge is 0.178 e. The first-order chi connectivity index (χ1) is 22.1.